The van der Waals surface area contributed by atoms with Crippen LogP contribution in [0.15, 0.2) is 8.94 Å². The zero-order valence-electron chi connectivity index (χ0n) is 6.56. The monoisotopic (exact) mass is 280 g/mol. The van der Waals surface area contributed by atoms with Gasteiger partial charge in [-0.3, -0.25) is 0 Å². The fourth-order valence-corrected chi connectivity index (χ4v) is 7.55. The van der Waals surface area contributed by atoms with E-state index < -0.39 is 0 Å². The fourth-order valence-electron chi connectivity index (χ4n) is 1.54. The minimum atomic E-state index is 0.701. The first-order chi connectivity index (χ1) is 5.47. The summed E-state index contributed by atoms with van der Waals surface area (Å²) in [5, 5.41) is 0. The number of hydrogen-bond donors (Lipinski definition) is 0. The number of hydrogen-bond acceptors (Lipinski definition) is 0. The topological polar surface area (TPSA) is 0 Å². The molecule has 11 heavy (non-hydrogen) atoms. The number of allylic oxidation sites excluding steroid dienone is 2. The van der Waals surface area contributed by atoms with Gasteiger partial charge in [-0.15, -0.1) is 0 Å². The van der Waals surface area contributed by atoms with Gasteiger partial charge in [-0.2, -0.15) is 0 Å². The van der Waals surface area contributed by atoms with E-state index in [9.17, 15) is 0 Å². The zero-order valence-corrected chi connectivity index (χ0v) is 9.99. The van der Waals surface area contributed by atoms with Crippen molar-refractivity contribution in [3.05, 3.63) is 8.94 Å². The van der Waals surface area contributed by atoms with Crippen LogP contribution < -0.4 is 0 Å². The third-order valence-electron chi connectivity index (χ3n) is 2.20. The van der Waals surface area contributed by atoms with Crippen LogP contribution in [-0.2, 0) is 0 Å². The molecule has 1 aliphatic carbocycles. The van der Waals surface area contributed by atoms with Crippen LogP contribution in [-0.4, -0.2) is 29.3 Å². The summed E-state index contributed by atoms with van der Waals surface area (Å²) in [4.78, 5) is 0. The summed E-state index contributed by atoms with van der Waals surface area (Å²) in [6.07, 6.45) is 8.70. The second-order valence-electron chi connectivity index (χ2n) is 3.05. The molecule has 0 unspecified atom stereocenters. The van der Waals surface area contributed by atoms with Crippen LogP contribution >= 0.6 is 0 Å². The van der Waals surface area contributed by atoms with Crippen LogP contribution in [0.1, 0.15) is 38.5 Å². The average molecular weight is 278 g/mol. The van der Waals surface area contributed by atoms with Gasteiger partial charge in [-0.1, -0.05) is 0 Å². The van der Waals surface area contributed by atoms with Gasteiger partial charge in [0, 0.05) is 0 Å². The predicted molar refractivity (Wildman–Crippen MR) is 50.1 cm³/mol. The first-order valence-electron chi connectivity index (χ1n) is 4.27. The number of rotatable bonds is 0. The standard InChI is InChI=1S/C9H12Se2/c1-2-4-6-9-8(5-3-1)10-7-11-9/h1-6H2. The Labute approximate surface area is 80.3 Å². The Morgan fingerprint density at radius 1 is 0.909 bits per heavy atom. The van der Waals surface area contributed by atoms with E-state index in [0.29, 0.717) is 29.3 Å². The van der Waals surface area contributed by atoms with Gasteiger partial charge in [0.05, 0.1) is 0 Å². The minimum absolute atomic E-state index is 0.701. The summed E-state index contributed by atoms with van der Waals surface area (Å²) < 4.78 is 7.23. The maximum absolute atomic E-state index is 3.57. The van der Waals surface area contributed by atoms with Gasteiger partial charge in [-0.25, -0.2) is 0 Å². The first-order valence-corrected chi connectivity index (χ1v) is 7.70. The van der Waals surface area contributed by atoms with E-state index in [1.54, 1.807) is 0 Å². The van der Waals surface area contributed by atoms with Crippen molar-refractivity contribution in [2.45, 2.75) is 38.5 Å². The summed E-state index contributed by atoms with van der Waals surface area (Å²) >= 11 is 1.40. The van der Waals surface area contributed by atoms with Crippen LogP contribution in [0.4, 0.5) is 0 Å². The van der Waals surface area contributed by atoms with Gasteiger partial charge < -0.3 is 0 Å². The Hall–Kier alpha value is 0.559. The van der Waals surface area contributed by atoms with Crippen LogP contribution in [0.5, 0.6) is 0 Å². The van der Waals surface area contributed by atoms with Crippen molar-refractivity contribution in [2.75, 3.05) is 0 Å². The van der Waals surface area contributed by atoms with Gasteiger partial charge >= 0.3 is 80.4 Å². The zero-order chi connectivity index (χ0) is 7.52. The third-order valence-corrected chi connectivity index (χ3v) is 7.94. The molecule has 1 heterocycles. The van der Waals surface area contributed by atoms with Crippen molar-refractivity contribution >= 4 is 29.3 Å². The van der Waals surface area contributed by atoms with E-state index >= 15 is 0 Å². The molecule has 2 aliphatic rings. The van der Waals surface area contributed by atoms with Crippen molar-refractivity contribution < 1.29 is 0 Å². The average Bonchev–Trinajstić information content (AvgIpc) is 2.35. The molecule has 0 spiro atoms. The molecule has 0 saturated heterocycles. The van der Waals surface area contributed by atoms with Gasteiger partial charge in [0.2, 0.25) is 0 Å². The van der Waals surface area contributed by atoms with Gasteiger partial charge in [0.25, 0.3) is 0 Å². The molecule has 0 aromatic heterocycles. The summed E-state index contributed by atoms with van der Waals surface area (Å²) in [7, 11) is 0. The summed E-state index contributed by atoms with van der Waals surface area (Å²) in [6, 6.07) is 0. The normalized spacial score (nSPS) is 24.0. The Morgan fingerprint density at radius 3 is 2.45 bits per heavy atom. The first kappa shape index (κ1) is 8.17. The Bertz CT molecular complexity index is 242. The van der Waals surface area contributed by atoms with Gasteiger partial charge in [0.15, 0.2) is 0 Å². The van der Waals surface area contributed by atoms with Crippen molar-refractivity contribution in [3.8, 4) is 3.63 Å². The van der Waals surface area contributed by atoms with Crippen molar-refractivity contribution in [1.82, 2.24) is 0 Å². The SMILES string of the molecule is C1#[Se]C2=C(CCCCCC2)[Se]1. The summed E-state index contributed by atoms with van der Waals surface area (Å²) in [5.41, 5.74) is 0. The molecule has 0 bridgehead atoms. The van der Waals surface area contributed by atoms with E-state index in [1.807, 2.05) is 8.94 Å². The van der Waals surface area contributed by atoms with Crippen LogP contribution in [0.2, 0.25) is 0 Å². The van der Waals surface area contributed by atoms with Crippen molar-refractivity contribution in [3.63, 3.8) is 0 Å². The fraction of sp³-hybridized carbons (Fsp3) is 0.667. The van der Waals surface area contributed by atoms with Crippen molar-refractivity contribution in [2.24, 2.45) is 0 Å². The van der Waals surface area contributed by atoms with Crippen molar-refractivity contribution in [1.29, 1.82) is 0 Å². The Kier molecular flexibility index (Phi) is 2.96. The second kappa shape index (κ2) is 3.99. The van der Waals surface area contributed by atoms with Crippen LogP contribution in [0.25, 0.3) is 0 Å². The second-order valence-corrected chi connectivity index (χ2v) is 8.14. The predicted octanol–water partition coefficient (Wildman–Crippen LogP) is 1.89. The molecular weight excluding hydrogens is 266 g/mol. The summed E-state index contributed by atoms with van der Waals surface area (Å²) in [6.45, 7) is 0. The molecule has 0 N–H and O–H groups in total. The molecule has 0 radical (unpaired) electrons. The maximum atomic E-state index is 3.57. The Morgan fingerprint density at radius 2 is 1.64 bits per heavy atom. The quantitative estimate of drug-likeness (QED) is 0.594. The van der Waals surface area contributed by atoms with Gasteiger partial charge in [-0.05, 0) is 0 Å². The third kappa shape index (κ3) is 2.02. The molecule has 1 aliphatic heterocycles. The summed E-state index contributed by atoms with van der Waals surface area (Å²) in [5.74, 6) is 0. The molecule has 0 atom stereocenters. The van der Waals surface area contributed by atoms with E-state index in [1.165, 1.54) is 38.5 Å². The van der Waals surface area contributed by atoms with E-state index in [-0.39, 0.29) is 0 Å². The molecule has 0 aromatic rings. The molecule has 0 nitrogen and oxygen atoms in total. The van der Waals surface area contributed by atoms with Crippen LogP contribution in [0.3, 0.4) is 0 Å². The van der Waals surface area contributed by atoms with E-state index in [4.69, 9.17) is 0 Å². The molecule has 0 aromatic carbocycles. The Balaban J connectivity index is 2.11. The molecule has 0 saturated carbocycles. The molecule has 60 valence electrons. The van der Waals surface area contributed by atoms with E-state index in [2.05, 4.69) is 3.63 Å². The van der Waals surface area contributed by atoms with Crippen LogP contribution in [0, 0.1) is 3.63 Å². The molecule has 0 amide bonds. The molecule has 2 rings (SSSR count). The van der Waals surface area contributed by atoms with Gasteiger partial charge in [0.1, 0.15) is 0 Å². The molecular formula is C9H12Se2. The molecule has 2 heteroatoms. The van der Waals surface area contributed by atoms with E-state index in [0.717, 1.165) is 0 Å². The molecule has 0 fully saturated rings.